The van der Waals surface area contributed by atoms with Crippen LogP contribution in [0.25, 0.3) is 10.9 Å². The Kier molecular flexibility index (Phi) is 5.92. The number of H-pyrrole nitrogens is 1. The van der Waals surface area contributed by atoms with E-state index in [1.165, 1.54) is 5.56 Å². The fourth-order valence-electron chi connectivity index (χ4n) is 4.38. The molecule has 0 saturated carbocycles. The lowest BCUT2D eigenvalue weighted by Crippen LogP contribution is -2.28. The van der Waals surface area contributed by atoms with Crippen LogP contribution in [0.5, 0.6) is 11.5 Å². The number of pyridine rings is 1. The summed E-state index contributed by atoms with van der Waals surface area (Å²) in [5, 5.41) is 13.2. The van der Waals surface area contributed by atoms with Gasteiger partial charge in [-0.15, -0.1) is 5.10 Å². The van der Waals surface area contributed by atoms with E-state index in [1.807, 2.05) is 47.1 Å². The number of hydrogen-bond donors (Lipinski definition) is 1. The number of rotatable bonds is 9. The van der Waals surface area contributed by atoms with Crippen molar-refractivity contribution in [3.05, 3.63) is 100.0 Å². The topological polar surface area (TPSA) is 111 Å². The van der Waals surface area contributed by atoms with E-state index in [1.54, 1.807) is 12.3 Å². The van der Waals surface area contributed by atoms with Crippen LogP contribution in [-0.2, 0) is 32.6 Å². The average molecular weight is 485 g/mol. The molecule has 1 aliphatic heterocycles. The standard InChI is InChI=1S/C26H24N6O4/c33-26-20(11-19-12-23-24(36-17-35-23)13-22(19)27-26)14-31(15-21-7-4-10-34-21)16-25-28-29-30-32(25)9-8-18-5-2-1-3-6-18/h1-7,10-13H,8-9,14-17H2,(H,27,33). The molecule has 10 heteroatoms. The summed E-state index contributed by atoms with van der Waals surface area (Å²) in [6.07, 6.45) is 2.46. The molecular formula is C26H24N6O4. The molecule has 1 N–H and O–H groups in total. The first kappa shape index (κ1) is 22.1. The summed E-state index contributed by atoms with van der Waals surface area (Å²) in [6.45, 7) is 2.16. The minimum absolute atomic E-state index is 0.158. The van der Waals surface area contributed by atoms with E-state index in [-0.39, 0.29) is 12.4 Å². The molecule has 1 aliphatic rings. The number of tetrazole rings is 1. The zero-order valence-corrected chi connectivity index (χ0v) is 19.5. The predicted octanol–water partition coefficient (Wildman–Crippen LogP) is 3.28. The molecule has 0 atom stereocenters. The molecule has 10 nitrogen and oxygen atoms in total. The first-order chi connectivity index (χ1) is 17.7. The fourth-order valence-corrected chi connectivity index (χ4v) is 4.38. The molecule has 5 aromatic rings. The normalized spacial score (nSPS) is 12.6. The van der Waals surface area contributed by atoms with Gasteiger partial charge in [-0.05, 0) is 46.7 Å². The molecule has 3 aromatic heterocycles. The summed E-state index contributed by atoms with van der Waals surface area (Å²) in [4.78, 5) is 18.0. The quantitative estimate of drug-likeness (QED) is 0.339. The van der Waals surface area contributed by atoms with Crippen LogP contribution in [0.4, 0.5) is 0 Å². The number of hydrogen-bond acceptors (Lipinski definition) is 8. The van der Waals surface area contributed by atoms with Crippen LogP contribution >= 0.6 is 0 Å². The van der Waals surface area contributed by atoms with Gasteiger partial charge in [0.1, 0.15) is 5.76 Å². The van der Waals surface area contributed by atoms with Gasteiger partial charge in [0.25, 0.3) is 5.56 Å². The Morgan fingerprint density at radius 2 is 1.83 bits per heavy atom. The molecule has 36 heavy (non-hydrogen) atoms. The molecule has 6 rings (SSSR count). The van der Waals surface area contributed by atoms with Gasteiger partial charge in [0, 0.05) is 30.1 Å². The Morgan fingerprint density at radius 1 is 0.972 bits per heavy atom. The van der Waals surface area contributed by atoms with Gasteiger partial charge >= 0.3 is 0 Å². The second-order valence-electron chi connectivity index (χ2n) is 8.69. The zero-order valence-electron chi connectivity index (χ0n) is 19.5. The largest absolute Gasteiger partial charge is 0.468 e. The number of aromatic nitrogens is 5. The Morgan fingerprint density at radius 3 is 2.67 bits per heavy atom. The van der Waals surface area contributed by atoms with Crippen molar-refractivity contribution in [3.8, 4) is 11.5 Å². The third-order valence-corrected chi connectivity index (χ3v) is 6.19. The van der Waals surface area contributed by atoms with Gasteiger partial charge in [-0.1, -0.05) is 30.3 Å². The number of aryl methyl sites for hydroxylation is 2. The van der Waals surface area contributed by atoms with Crippen LogP contribution in [0.15, 0.2) is 76.1 Å². The number of ether oxygens (including phenoxy) is 2. The Labute approximate surface area is 206 Å². The highest BCUT2D eigenvalue weighted by molar-refractivity contribution is 5.83. The summed E-state index contributed by atoms with van der Waals surface area (Å²) < 4.78 is 18.3. The van der Waals surface area contributed by atoms with E-state index in [0.717, 1.165) is 23.4 Å². The van der Waals surface area contributed by atoms with Crippen molar-refractivity contribution in [2.45, 2.75) is 32.6 Å². The molecule has 0 saturated heterocycles. The molecule has 182 valence electrons. The Hall–Kier alpha value is -4.44. The lowest BCUT2D eigenvalue weighted by atomic mass is 10.1. The third-order valence-electron chi connectivity index (χ3n) is 6.19. The summed E-state index contributed by atoms with van der Waals surface area (Å²) >= 11 is 0. The molecule has 0 amide bonds. The van der Waals surface area contributed by atoms with Gasteiger partial charge in [-0.2, -0.15) is 0 Å². The van der Waals surface area contributed by atoms with Crippen molar-refractivity contribution >= 4 is 10.9 Å². The molecular weight excluding hydrogens is 460 g/mol. The number of aromatic amines is 1. The minimum Gasteiger partial charge on any atom is -0.468 e. The van der Waals surface area contributed by atoms with Crippen LogP contribution in [0.2, 0.25) is 0 Å². The summed E-state index contributed by atoms with van der Waals surface area (Å²) in [7, 11) is 0. The number of nitrogens with zero attached hydrogens (tertiary/aromatic N) is 5. The highest BCUT2D eigenvalue weighted by Gasteiger charge is 2.19. The smallest absolute Gasteiger partial charge is 0.252 e. The van der Waals surface area contributed by atoms with Crippen molar-refractivity contribution in [2.75, 3.05) is 6.79 Å². The molecule has 0 fully saturated rings. The van der Waals surface area contributed by atoms with Crippen molar-refractivity contribution in [1.82, 2.24) is 30.1 Å². The predicted molar refractivity (Wildman–Crippen MR) is 130 cm³/mol. The second kappa shape index (κ2) is 9.67. The Bertz CT molecular complexity index is 1530. The monoisotopic (exact) mass is 484 g/mol. The Balaban J connectivity index is 1.25. The first-order valence-corrected chi connectivity index (χ1v) is 11.7. The van der Waals surface area contributed by atoms with E-state index < -0.39 is 0 Å². The van der Waals surface area contributed by atoms with Crippen LogP contribution in [0, 0.1) is 0 Å². The lowest BCUT2D eigenvalue weighted by Gasteiger charge is -2.20. The second-order valence-corrected chi connectivity index (χ2v) is 8.69. The summed E-state index contributed by atoms with van der Waals surface area (Å²) in [5.41, 5.74) is 2.39. The molecule has 2 aromatic carbocycles. The highest BCUT2D eigenvalue weighted by atomic mass is 16.7. The minimum atomic E-state index is -0.158. The highest BCUT2D eigenvalue weighted by Crippen LogP contribution is 2.35. The SMILES string of the molecule is O=c1[nH]c2cc3c(cc2cc1CN(Cc1ccco1)Cc1nnnn1CCc1ccccc1)OCO3. The van der Waals surface area contributed by atoms with E-state index in [2.05, 4.69) is 37.5 Å². The van der Waals surface area contributed by atoms with Gasteiger partial charge in [0.05, 0.1) is 24.9 Å². The average Bonchev–Trinajstić information content (AvgIpc) is 3.65. The van der Waals surface area contributed by atoms with Crippen LogP contribution in [0.1, 0.15) is 22.7 Å². The number of benzene rings is 2. The van der Waals surface area contributed by atoms with E-state index >= 15 is 0 Å². The van der Waals surface area contributed by atoms with Crippen molar-refractivity contribution in [2.24, 2.45) is 0 Å². The van der Waals surface area contributed by atoms with Crippen LogP contribution in [-0.4, -0.2) is 36.9 Å². The van der Waals surface area contributed by atoms with E-state index in [4.69, 9.17) is 13.9 Å². The summed E-state index contributed by atoms with van der Waals surface area (Å²) in [6, 6.07) is 19.6. The van der Waals surface area contributed by atoms with E-state index in [0.29, 0.717) is 48.8 Å². The third kappa shape index (κ3) is 4.71. The maximum absolute atomic E-state index is 13.0. The molecule has 0 radical (unpaired) electrons. The van der Waals surface area contributed by atoms with Crippen LogP contribution < -0.4 is 15.0 Å². The molecule has 0 spiro atoms. The molecule has 0 aliphatic carbocycles. The summed E-state index contributed by atoms with van der Waals surface area (Å²) in [5.74, 6) is 2.81. The van der Waals surface area contributed by atoms with Gasteiger partial charge < -0.3 is 18.9 Å². The van der Waals surface area contributed by atoms with E-state index in [9.17, 15) is 4.79 Å². The molecule has 0 unspecified atom stereocenters. The maximum atomic E-state index is 13.0. The lowest BCUT2D eigenvalue weighted by molar-refractivity contribution is 0.174. The van der Waals surface area contributed by atoms with Gasteiger partial charge in [-0.25, -0.2) is 4.68 Å². The van der Waals surface area contributed by atoms with Crippen molar-refractivity contribution in [1.29, 1.82) is 0 Å². The fraction of sp³-hybridized carbons (Fsp3) is 0.231. The van der Waals surface area contributed by atoms with Gasteiger partial charge in [-0.3, -0.25) is 9.69 Å². The number of fused-ring (bicyclic) bond motifs is 2. The molecule has 4 heterocycles. The number of nitrogens with one attached hydrogen (secondary N) is 1. The first-order valence-electron chi connectivity index (χ1n) is 11.7. The zero-order chi connectivity index (χ0) is 24.3. The maximum Gasteiger partial charge on any atom is 0.252 e. The van der Waals surface area contributed by atoms with Crippen LogP contribution in [0.3, 0.4) is 0 Å². The number of furan rings is 1. The van der Waals surface area contributed by atoms with Crippen molar-refractivity contribution in [3.63, 3.8) is 0 Å². The van der Waals surface area contributed by atoms with Gasteiger partial charge in [0.15, 0.2) is 17.3 Å². The van der Waals surface area contributed by atoms with Gasteiger partial charge in [0.2, 0.25) is 6.79 Å². The van der Waals surface area contributed by atoms with Crippen molar-refractivity contribution < 1.29 is 13.9 Å². The molecule has 0 bridgehead atoms.